The molecule has 1 aromatic rings. The number of hydrogen-bond donors (Lipinski definition) is 5. The van der Waals surface area contributed by atoms with Gasteiger partial charge in [0.1, 0.15) is 12.6 Å². The molecule has 1 heterocycles. The van der Waals surface area contributed by atoms with Crippen molar-refractivity contribution in [1.82, 2.24) is 15.1 Å². The van der Waals surface area contributed by atoms with Gasteiger partial charge in [0.05, 0.1) is 18.7 Å². The Bertz CT molecular complexity index is 910. The average Bonchev–Trinajstić information content (AvgIpc) is 2.68. The molecule has 2 rings (SSSR count). The molecular weight excluding hydrogens is 412 g/mol. The summed E-state index contributed by atoms with van der Waals surface area (Å²) in [5, 5.41) is 20.4. The van der Waals surface area contributed by atoms with Crippen molar-refractivity contribution in [2.45, 2.75) is 12.5 Å². The summed E-state index contributed by atoms with van der Waals surface area (Å²) in [5.41, 5.74) is 11.2. The number of guanidine groups is 1. The van der Waals surface area contributed by atoms with Gasteiger partial charge in [0.15, 0.2) is 5.96 Å². The van der Waals surface area contributed by atoms with E-state index in [4.69, 9.17) is 21.7 Å². The van der Waals surface area contributed by atoms with Crippen molar-refractivity contribution in [3.63, 3.8) is 0 Å². The molecule has 0 radical (unpaired) electrons. The summed E-state index contributed by atoms with van der Waals surface area (Å²) in [6.45, 7) is -1.19. The highest BCUT2D eigenvalue weighted by atomic mass is 16.4. The highest BCUT2D eigenvalue weighted by Crippen LogP contribution is 2.16. The van der Waals surface area contributed by atoms with Crippen molar-refractivity contribution in [3.8, 4) is 0 Å². The fourth-order valence-corrected chi connectivity index (χ4v) is 3.02. The summed E-state index contributed by atoms with van der Waals surface area (Å²) < 4.78 is 0. The molecular formula is C18H22N6O7. The van der Waals surface area contributed by atoms with Gasteiger partial charge in [-0.3, -0.25) is 24.0 Å². The number of hydrogen-bond acceptors (Lipinski definition) is 6. The molecule has 166 valence electrons. The van der Waals surface area contributed by atoms with Gasteiger partial charge < -0.3 is 36.8 Å². The average molecular weight is 434 g/mol. The van der Waals surface area contributed by atoms with Gasteiger partial charge in [-0.2, -0.15) is 0 Å². The second-order valence-corrected chi connectivity index (χ2v) is 6.62. The fraction of sp³-hybridized carbons (Fsp3) is 0.333. The number of benzene rings is 1. The van der Waals surface area contributed by atoms with Crippen LogP contribution in [0.2, 0.25) is 0 Å². The zero-order chi connectivity index (χ0) is 23.1. The second kappa shape index (κ2) is 10.0. The molecule has 3 amide bonds. The third-order valence-corrected chi connectivity index (χ3v) is 4.39. The van der Waals surface area contributed by atoms with Gasteiger partial charge in [0, 0.05) is 18.7 Å². The number of aliphatic imine (C=N–C) groups is 1. The number of amides is 3. The zero-order valence-electron chi connectivity index (χ0n) is 16.4. The molecule has 0 spiro atoms. The van der Waals surface area contributed by atoms with Crippen molar-refractivity contribution in [1.29, 1.82) is 0 Å². The number of aliphatic carboxylic acids is 2. The van der Waals surface area contributed by atoms with Crippen LogP contribution >= 0.6 is 0 Å². The number of piperazine rings is 1. The summed E-state index contributed by atoms with van der Waals surface area (Å²) in [5.74, 6) is -4.73. The quantitative estimate of drug-likeness (QED) is 0.224. The standard InChI is InChI=1S/C18H22N6O7/c19-18(20)22-11-3-1-10(2-4-11)16(30)21-8-13(25)24-6-5-23(9-15(28)29)17(31)12(24)7-14(26)27/h1-4,12H,5-9H2,(H,21,30)(H,26,27)(H,28,29)(H4,19,20,22)/t12-/m0/s1. The molecule has 0 unspecified atom stereocenters. The van der Waals surface area contributed by atoms with E-state index in [0.717, 1.165) is 9.80 Å². The summed E-state index contributed by atoms with van der Waals surface area (Å²) >= 11 is 0. The van der Waals surface area contributed by atoms with Crippen LogP contribution in [0.4, 0.5) is 5.69 Å². The molecule has 1 aromatic carbocycles. The first-order valence-corrected chi connectivity index (χ1v) is 9.08. The second-order valence-electron chi connectivity index (χ2n) is 6.62. The third-order valence-electron chi connectivity index (χ3n) is 4.39. The summed E-state index contributed by atoms with van der Waals surface area (Å²) in [4.78, 5) is 65.2. The lowest BCUT2D eigenvalue weighted by Gasteiger charge is -2.39. The lowest BCUT2D eigenvalue weighted by Crippen LogP contribution is -2.61. The van der Waals surface area contributed by atoms with Crippen molar-refractivity contribution >= 4 is 41.3 Å². The molecule has 1 aliphatic heterocycles. The van der Waals surface area contributed by atoms with Crippen LogP contribution in [0.3, 0.4) is 0 Å². The molecule has 0 saturated carbocycles. The number of rotatable bonds is 8. The predicted octanol–water partition coefficient (Wildman–Crippen LogP) is -2.08. The van der Waals surface area contributed by atoms with E-state index in [1.807, 2.05) is 0 Å². The van der Waals surface area contributed by atoms with Gasteiger partial charge in [0.25, 0.3) is 5.91 Å². The zero-order valence-corrected chi connectivity index (χ0v) is 16.4. The minimum Gasteiger partial charge on any atom is -0.481 e. The largest absolute Gasteiger partial charge is 0.481 e. The monoisotopic (exact) mass is 434 g/mol. The van der Waals surface area contributed by atoms with Crippen LogP contribution in [0.1, 0.15) is 16.8 Å². The molecule has 31 heavy (non-hydrogen) atoms. The van der Waals surface area contributed by atoms with E-state index in [-0.39, 0.29) is 24.6 Å². The minimum absolute atomic E-state index is 0.0567. The molecule has 7 N–H and O–H groups in total. The van der Waals surface area contributed by atoms with Gasteiger partial charge in [-0.05, 0) is 24.3 Å². The Balaban J connectivity index is 2.03. The maximum absolute atomic E-state index is 12.6. The van der Waals surface area contributed by atoms with Gasteiger partial charge in [0.2, 0.25) is 11.8 Å². The van der Waals surface area contributed by atoms with Crippen LogP contribution in [0.5, 0.6) is 0 Å². The first-order valence-electron chi connectivity index (χ1n) is 9.08. The fourth-order valence-electron chi connectivity index (χ4n) is 3.02. The summed E-state index contributed by atoms with van der Waals surface area (Å²) in [7, 11) is 0. The number of carbonyl (C=O) groups excluding carboxylic acids is 3. The van der Waals surface area contributed by atoms with E-state index >= 15 is 0 Å². The Labute approximate surface area is 176 Å². The maximum Gasteiger partial charge on any atom is 0.323 e. The minimum atomic E-state index is -1.35. The van der Waals surface area contributed by atoms with E-state index in [0.29, 0.717) is 5.69 Å². The van der Waals surface area contributed by atoms with E-state index in [9.17, 15) is 24.0 Å². The highest BCUT2D eigenvalue weighted by Gasteiger charge is 2.39. The highest BCUT2D eigenvalue weighted by molar-refractivity contribution is 5.98. The third kappa shape index (κ3) is 6.42. The van der Waals surface area contributed by atoms with Gasteiger partial charge >= 0.3 is 11.9 Å². The van der Waals surface area contributed by atoms with Crippen molar-refractivity contribution in [2.75, 3.05) is 26.2 Å². The molecule has 0 bridgehead atoms. The van der Waals surface area contributed by atoms with Gasteiger partial charge in [-0.25, -0.2) is 4.99 Å². The van der Waals surface area contributed by atoms with E-state index < -0.39 is 55.2 Å². The van der Waals surface area contributed by atoms with Gasteiger partial charge in [-0.1, -0.05) is 0 Å². The normalized spacial score (nSPS) is 15.9. The first kappa shape index (κ1) is 23.1. The SMILES string of the molecule is NC(N)=Nc1ccc(C(=O)NCC(=O)N2CCN(CC(=O)O)C(=O)[C@@H]2CC(=O)O)cc1. The predicted molar refractivity (Wildman–Crippen MR) is 106 cm³/mol. The number of carboxylic acids is 2. The summed E-state index contributed by atoms with van der Waals surface area (Å²) in [6.07, 6.45) is -0.680. The van der Waals surface area contributed by atoms with Crippen LogP contribution in [0.15, 0.2) is 29.3 Å². The van der Waals surface area contributed by atoms with E-state index in [1.54, 1.807) is 0 Å². The number of nitrogens with one attached hydrogen (secondary N) is 1. The molecule has 0 aromatic heterocycles. The van der Waals surface area contributed by atoms with Crippen LogP contribution in [-0.4, -0.2) is 87.9 Å². The first-order chi connectivity index (χ1) is 14.6. The lowest BCUT2D eigenvalue weighted by molar-refractivity contribution is -0.157. The van der Waals surface area contributed by atoms with Crippen molar-refractivity contribution in [2.24, 2.45) is 16.5 Å². The summed E-state index contributed by atoms with van der Waals surface area (Å²) in [6, 6.07) is 4.54. The topological polar surface area (TPSA) is 209 Å². The Hall–Kier alpha value is -4.16. The Morgan fingerprint density at radius 2 is 1.71 bits per heavy atom. The molecule has 13 nitrogen and oxygen atoms in total. The van der Waals surface area contributed by atoms with E-state index in [1.165, 1.54) is 24.3 Å². The number of nitrogens with two attached hydrogens (primary N) is 2. The molecule has 13 heteroatoms. The van der Waals surface area contributed by atoms with Crippen LogP contribution < -0.4 is 16.8 Å². The Kier molecular flexibility index (Phi) is 7.49. The van der Waals surface area contributed by atoms with Crippen LogP contribution in [-0.2, 0) is 19.2 Å². The number of carboxylic acid groups (broad SMARTS) is 2. The smallest absolute Gasteiger partial charge is 0.323 e. The lowest BCUT2D eigenvalue weighted by atomic mass is 10.1. The van der Waals surface area contributed by atoms with Crippen molar-refractivity contribution in [3.05, 3.63) is 29.8 Å². The maximum atomic E-state index is 12.6. The van der Waals surface area contributed by atoms with Crippen LogP contribution in [0, 0.1) is 0 Å². The van der Waals surface area contributed by atoms with E-state index in [2.05, 4.69) is 10.3 Å². The molecule has 1 fully saturated rings. The molecule has 1 aliphatic rings. The number of nitrogens with zero attached hydrogens (tertiary/aromatic N) is 3. The Morgan fingerprint density at radius 1 is 1.06 bits per heavy atom. The number of carbonyl (C=O) groups is 5. The molecule has 1 atom stereocenters. The Morgan fingerprint density at radius 3 is 2.26 bits per heavy atom. The van der Waals surface area contributed by atoms with Crippen LogP contribution in [0.25, 0.3) is 0 Å². The molecule has 0 aliphatic carbocycles. The molecule has 1 saturated heterocycles. The van der Waals surface area contributed by atoms with Gasteiger partial charge in [-0.15, -0.1) is 0 Å². The van der Waals surface area contributed by atoms with Crippen molar-refractivity contribution < 1.29 is 34.2 Å².